The first kappa shape index (κ1) is 14.0. The van der Waals surface area contributed by atoms with Gasteiger partial charge in [0.15, 0.2) is 0 Å². The van der Waals surface area contributed by atoms with E-state index in [2.05, 4.69) is 0 Å². The van der Waals surface area contributed by atoms with Crippen molar-refractivity contribution < 1.29 is 23.6 Å². The lowest BCUT2D eigenvalue weighted by molar-refractivity contribution is -0.384. The average Bonchev–Trinajstić information content (AvgIpc) is 2.36. The van der Waals surface area contributed by atoms with Crippen LogP contribution in [0, 0.1) is 10.1 Å². The van der Waals surface area contributed by atoms with Gasteiger partial charge in [0.25, 0.3) is 17.5 Å². The first-order valence-electron chi connectivity index (χ1n) is 4.87. The number of nitrogens with one attached hydrogen (secondary N) is 1. The molecular formula is C10H10F2N2O4. The number of alkyl halides is 2. The van der Waals surface area contributed by atoms with E-state index in [0.717, 1.165) is 6.07 Å². The number of rotatable bonds is 5. The third kappa shape index (κ3) is 3.74. The van der Waals surface area contributed by atoms with Gasteiger partial charge in [0.2, 0.25) is 0 Å². The van der Waals surface area contributed by atoms with Crippen LogP contribution >= 0.6 is 0 Å². The number of hydrogen-bond acceptors (Lipinski definition) is 4. The molecule has 6 nitrogen and oxygen atoms in total. The minimum Gasteiger partial charge on any atom is -0.390 e. The van der Waals surface area contributed by atoms with Gasteiger partial charge in [-0.1, -0.05) is 6.07 Å². The molecule has 0 atom stereocenters. The molecule has 8 heteroatoms. The number of carbonyl (C=O) groups excluding carboxylic acids is 1. The molecule has 98 valence electrons. The molecule has 0 bridgehead atoms. The second-order valence-electron chi connectivity index (χ2n) is 3.50. The van der Waals surface area contributed by atoms with Gasteiger partial charge < -0.3 is 10.4 Å². The molecule has 0 radical (unpaired) electrons. The van der Waals surface area contributed by atoms with Gasteiger partial charge in [0, 0.05) is 17.7 Å². The molecule has 0 aliphatic carbocycles. The van der Waals surface area contributed by atoms with Gasteiger partial charge in [0.1, 0.15) is 6.61 Å². The number of benzene rings is 1. The number of carbonyl (C=O) groups is 1. The van der Waals surface area contributed by atoms with Crippen LogP contribution < -0.4 is 5.32 Å². The number of aliphatic hydroxyl groups excluding tert-OH is 1. The smallest absolute Gasteiger partial charge is 0.287 e. The molecule has 18 heavy (non-hydrogen) atoms. The van der Waals surface area contributed by atoms with Crippen LogP contribution in [-0.4, -0.2) is 35.0 Å². The van der Waals surface area contributed by atoms with Crippen molar-refractivity contribution in [3.8, 4) is 0 Å². The standard InChI is InChI=1S/C10H10F2N2O4/c11-10(12,6-15)5-13-9(16)7-2-1-3-8(4-7)14(17)18/h1-4,15H,5-6H2,(H,13,16). The lowest BCUT2D eigenvalue weighted by atomic mass is 10.2. The van der Waals surface area contributed by atoms with Crippen molar-refractivity contribution >= 4 is 11.6 Å². The van der Waals surface area contributed by atoms with Crippen LogP contribution in [0.25, 0.3) is 0 Å². The van der Waals surface area contributed by atoms with Crippen LogP contribution in [0.4, 0.5) is 14.5 Å². The summed E-state index contributed by atoms with van der Waals surface area (Å²) >= 11 is 0. The monoisotopic (exact) mass is 260 g/mol. The lowest BCUT2D eigenvalue weighted by Crippen LogP contribution is -2.38. The lowest BCUT2D eigenvalue weighted by Gasteiger charge is -2.13. The molecule has 0 aliphatic rings. The average molecular weight is 260 g/mol. The van der Waals surface area contributed by atoms with E-state index in [9.17, 15) is 23.7 Å². The SMILES string of the molecule is O=C(NCC(F)(F)CO)c1cccc([N+](=O)[O-])c1. The number of amides is 1. The zero-order valence-corrected chi connectivity index (χ0v) is 9.10. The van der Waals surface area contributed by atoms with Crippen LogP contribution in [0.15, 0.2) is 24.3 Å². The third-order valence-electron chi connectivity index (χ3n) is 2.06. The Hall–Kier alpha value is -2.09. The number of nitro benzene ring substituents is 1. The molecule has 1 aromatic carbocycles. The van der Waals surface area contributed by atoms with Gasteiger partial charge in [-0.2, -0.15) is 0 Å². The molecule has 1 rings (SSSR count). The Morgan fingerprint density at radius 1 is 1.50 bits per heavy atom. The van der Waals surface area contributed by atoms with Crippen LogP contribution in [-0.2, 0) is 0 Å². The van der Waals surface area contributed by atoms with Gasteiger partial charge in [-0.3, -0.25) is 14.9 Å². The molecule has 1 amide bonds. The fourth-order valence-corrected chi connectivity index (χ4v) is 1.13. The molecule has 0 heterocycles. The van der Waals surface area contributed by atoms with E-state index < -0.39 is 29.9 Å². The summed E-state index contributed by atoms with van der Waals surface area (Å²) in [5.41, 5.74) is -0.408. The molecule has 0 unspecified atom stereocenters. The molecular weight excluding hydrogens is 250 g/mol. The van der Waals surface area contributed by atoms with Crippen molar-refractivity contribution in [1.82, 2.24) is 5.32 Å². The number of nitro groups is 1. The summed E-state index contributed by atoms with van der Waals surface area (Å²) in [6.07, 6.45) is 0. The van der Waals surface area contributed by atoms with Crippen molar-refractivity contribution in [3.05, 3.63) is 39.9 Å². The van der Waals surface area contributed by atoms with E-state index in [1.807, 2.05) is 5.32 Å². The Bertz CT molecular complexity index is 465. The fourth-order valence-electron chi connectivity index (χ4n) is 1.13. The second kappa shape index (κ2) is 5.50. The van der Waals surface area contributed by atoms with Gasteiger partial charge in [-0.05, 0) is 6.07 Å². The van der Waals surface area contributed by atoms with E-state index in [-0.39, 0.29) is 11.3 Å². The molecule has 1 aromatic rings. The largest absolute Gasteiger partial charge is 0.390 e. The van der Waals surface area contributed by atoms with E-state index in [1.54, 1.807) is 0 Å². The van der Waals surface area contributed by atoms with Gasteiger partial charge in [-0.15, -0.1) is 0 Å². The number of hydrogen-bond donors (Lipinski definition) is 2. The highest BCUT2D eigenvalue weighted by Gasteiger charge is 2.28. The van der Waals surface area contributed by atoms with Crippen LogP contribution in [0.3, 0.4) is 0 Å². The topological polar surface area (TPSA) is 92.5 Å². The Kier molecular flexibility index (Phi) is 4.27. The molecule has 0 aliphatic heterocycles. The molecule has 0 fully saturated rings. The maximum absolute atomic E-state index is 12.7. The van der Waals surface area contributed by atoms with Crippen molar-refractivity contribution in [2.45, 2.75) is 5.92 Å². The van der Waals surface area contributed by atoms with Gasteiger partial charge in [0.05, 0.1) is 11.5 Å². The van der Waals surface area contributed by atoms with Crippen molar-refractivity contribution in [2.24, 2.45) is 0 Å². The summed E-state index contributed by atoms with van der Waals surface area (Å²) in [5, 5.41) is 20.6. The van der Waals surface area contributed by atoms with Gasteiger partial charge in [-0.25, -0.2) is 8.78 Å². The zero-order chi connectivity index (χ0) is 13.8. The van der Waals surface area contributed by atoms with Gasteiger partial charge >= 0.3 is 0 Å². The summed E-state index contributed by atoms with van der Waals surface area (Å²) in [5.74, 6) is -4.29. The first-order chi connectivity index (χ1) is 8.35. The fraction of sp³-hybridized carbons (Fsp3) is 0.300. The van der Waals surface area contributed by atoms with E-state index >= 15 is 0 Å². The van der Waals surface area contributed by atoms with Crippen LogP contribution in [0.1, 0.15) is 10.4 Å². The Balaban J connectivity index is 2.73. The predicted octanol–water partition coefficient (Wildman–Crippen LogP) is 0.952. The summed E-state index contributed by atoms with van der Waals surface area (Å²) < 4.78 is 25.3. The summed E-state index contributed by atoms with van der Waals surface area (Å²) in [6, 6.07) is 4.70. The van der Waals surface area contributed by atoms with Crippen molar-refractivity contribution in [1.29, 1.82) is 0 Å². The summed E-state index contributed by atoms with van der Waals surface area (Å²) in [6.45, 7) is -2.42. The molecule has 0 saturated heterocycles. The summed E-state index contributed by atoms with van der Waals surface area (Å²) in [4.78, 5) is 21.2. The van der Waals surface area contributed by atoms with Crippen molar-refractivity contribution in [2.75, 3.05) is 13.2 Å². The zero-order valence-electron chi connectivity index (χ0n) is 9.10. The van der Waals surface area contributed by atoms with E-state index in [4.69, 9.17) is 5.11 Å². The minimum atomic E-state index is -3.42. The van der Waals surface area contributed by atoms with Crippen LogP contribution in [0.5, 0.6) is 0 Å². The number of non-ortho nitro benzene ring substituents is 1. The Morgan fingerprint density at radius 3 is 2.72 bits per heavy atom. The highest BCUT2D eigenvalue weighted by atomic mass is 19.3. The molecule has 0 saturated carbocycles. The number of halogens is 2. The molecule has 0 spiro atoms. The maximum Gasteiger partial charge on any atom is 0.287 e. The normalized spacial score (nSPS) is 11.1. The molecule has 0 aromatic heterocycles. The highest BCUT2D eigenvalue weighted by Crippen LogP contribution is 2.14. The molecule has 2 N–H and O–H groups in total. The van der Waals surface area contributed by atoms with E-state index in [1.165, 1.54) is 18.2 Å². The Morgan fingerprint density at radius 2 is 2.17 bits per heavy atom. The third-order valence-corrected chi connectivity index (χ3v) is 2.06. The quantitative estimate of drug-likeness (QED) is 0.609. The Labute approximate surface area is 100 Å². The number of nitrogens with zero attached hydrogens (tertiary/aromatic N) is 1. The van der Waals surface area contributed by atoms with Crippen LogP contribution in [0.2, 0.25) is 0 Å². The highest BCUT2D eigenvalue weighted by molar-refractivity contribution is 5.94. The second-order valence-corrected chi connectivity index (χ2v) is 3.50. The maximum atomic E-state index is 12.7. The minimum absolute atomic E-state index is 0.0991. The summed E-state index contributed by atoms with van der Waals surface area (Å²) in [7, 11) is 0. The van der Waals surface area contributed by atoms with E-state index in [0.29, 0.717) is 0 Å². The first-order valence-corrected chi connectivity index (χ1v) is 4.87. The predicted molar refractivity (Wildman–Crippen MR) is 57.5 cm³/mol. The number of aliphatic hydroxyl groups is 1. The van der Waals surface area contributed by atoms with Crippen molar-refractivity contribution in [3.63, 3.8) is 0 Å².